The summed E-state index contributed by atoms with van der Waals surface area (Å²) >= 11 is 11.9. The number of carbonyl (C=O) groups excluding carboxylic acids is 1. The van der Waals surface area contributed by atoms with Gasteiger partial charge in [-0.05, 0) is 61.0 Å². The Morgan fingerprint density at radius 1 is 1.00 bits per heavy atom. The maximum Gasteiger partial charge on any atom is 0.265 e. The highest BCUT2D eigenvalue weighted by Crippen LogP contribution is 2.28. The fourth-order valence-corrected chi connectivity index (χ4v) is 4.47. The fourth-order valence-electron chi connectivity index (χ4n) is 2.88. The molecule has 0 bridgehead atoms. The SMILES string of the molecule is CC[C@H](Oc1cccc(OC)c1)C(=O)Nc1ccc(S(=O)(=O)Nc2ccc(Cl)cc2Cl)cc1. The van der Waals surface area contributed by atoms with E-state index in [-0.39, 0.29) is 21.5 Å². The molecule has 3 rings (SSSR count). The molecular formula is C23H22Cl2N2O5S. The topological polar surface area (TPSA) is 93.7 Å². The Morgan fingerprint density at radius 3 is 2.33 bits per heavy atom. The van der Waals surface area contributed by atoms with E-state index < -0.39 is 16.1 Å². The van der Waals surface area contributed by atoms with Gasteiger partial charge in [-0.1, -0.05) is 36.2 Å². The third kappa shape index (κ3) is 6.54. The van der Waals surface area contributed by atoms with E-state index in [4.69, 9.17) is 32.7 Å². The Hall–Kier alpha value is -2.94. The summed E-state index contributed by atoms with van der Waals surface area (Å²) < 4.78 is 38.7. The van der Waals surface area contributed by atoms with E-state index in [1.165, 1.54) is 42.5 Å². The molecule has 7 nitrogen and oxygen atoms in total. The largest absolute Gasteiger partial charge is 0.497 e. The second-order valence-corrected chi connectivity index (χ2v) is 9.46. The van der Waals surface area contributed by atoms with Gasteiger partial charge in [-0.15, -0.1) is 0 Å². The second-order valence-electron chi connectivity index (χ2n) is 6.94. The number of rotatable bonds is 9. The van der Waals surface area contributed by atoms with Crippen molar-refractivity contribution in [1.82, 2.24) is 0 Å². The van der Waals surface area contributed by atoms with Gasteiger partial charge < -0.3 is 14.8 Å². The van der Waals surface area contributed by atoms with Crippen molar-refractivity contribution in [3.8, 4) is 11.5 Å². The lowest BCUT2D eigenvalue weighted by Gasteiger charge is -2.18. The van der Waals surface area contributed by atoms with Gasteiger partial charge in [-0.3, -0.25) is 9.52 Å². The number of benzene rings is 3. The van der Waals surface area contributed by atoms with Crippen LogP contribution in [0.1, 0.15) is 13.3 Å². The number of halogens is 2. The summed E-state index contributed by atoms with van der Waals surface area (Å²) in [5, 5.41) is 3.31. The number of hydrogen-bond acceptors (Lipinski definition) is 5. The van der Waals surface area contributed by atoms with Crippen LogP contribution in [-0.2, 0) is 14.8 Å². The van der Waals surface area contributed by atoms with E-state index >= 15 is 0 Å². The van der Waals surface area contributed by atoms with E-state index in [0.717, 1.165) is 0 Å². The van der Waals surface area contributed by atoms with Crippen molar-refractivity contribution in [2.45, 2.75) is 24.3 Å². The van der Waals surface area contributed by atoms with Crippen LogP contribution in [0.5, 0.6) is 11.5 Å². The maximum absolute atomic E-state index is 12.7. The molecule has 174 valence electrons. The van der Waals surface area contributed by atoms with E-state index in [9.17, 15) is 13.2 Å². The normalized spacial score (nSPS) is 12.0. The summed E-state index contributed by atoms with van der Waals surface area (Å²) in [6.45, 7) is 1.83. The number of methoxy groups -OCH3 is 1. The van der Waals surface area contributed by atoms with Gasteiger partial charge in [0, 0.05) is 16.8 Å². The summed E-state index contributed by atoms with van der Waals surface area (Å²) in [5.74, 6) is 0.764. The van der Waals surface area contributed by atoms with Crippen LogP contribution in [0.15, 0.2) is 71.6 Å². The second kappa shape index (κ2) is 10.8. The zero-order chi connectivity index (χ0) is 24.0. The molecule has 0 radical (unpaired) electrons. The molecule has 0 aliphatic rings. The first-order valence-electron chi connectivity index (χ1n) is 9.91. The average Bonchev–Trinajstić information content (AvgIpc) is 2.79. The number of carbonyl (C=O) groups is 1. The first-order valence-corrected chi connectivity index (χ1v) is 12.1. The first-order chi connectivity index (χ1) is 15.7. The van der Waals surface area contributed by atoms with Crippen molar-refractivity contribution in [3.05, 3.63) is 76.8 Å². The van der Waals surface area contributed by atoms with Crippen LogP contribution in [0.3, 0.4) is 0 Å². The lowest BCUT2D eigenvalue weighted by molar-refractivity contribution is -0.122. The van der Waals surface area contributed by atoms with Gasteiger partial charge in [0.15, 0.2) is 6.10 Å². The molecule has 0 aliphatic carbocycles. The molecule has 1 amide bonds. The van der Waals surface area contributed by atoms with Crippen LogP contribution in [0, 0.1) is 0 Å². The van der Waals surface area contributed by atoms with Gasteiger partial charge in [0.25, 0.3) is 15.9 Å². The molecule has 0 spiro atoms. The standard InChI is InChI=1S/C23H22Cl2N2O5S/c1-3-22(32-18-6-4-5-17(14-18)31-2)23(28)26-16-8-10-19(11-9-16)33(29,30)27-21-12-7-15(24)13-20(21)25/h4-14,22,27H,3H2,1-2H3,(H,26,28)/t22-/m0/s1. The highest BCUT2D eigenvalue weighted by molar-refractivity contribution is 7.92. The van der Waals surface area contributed by atoms with Crippen LogP contribution in [0.2, 0.25) is 10.0 Å². The molecule has 3 aromatic rings. The molecule has 0 aromatic heterocycles. The third-order valence-corrected chi connectivity index (χ3v) is 6.52. The van der Waals surface area contributed by atoms with Crippen LogP contribution in [0.25, 0.3) is 0 Å². The van der Waals surface area contributed by atoms with Crippen LogP contribution in [0.4, 0.5) is 11.4 Å². The third-order valence-electron chi connectivity index (χ3n) is 4.59. The molecule has 3 aromatic carbocycles. The molecule has 2 N–H and O–H groups in total. The first kappa shape index (κ1) is 24.7. The van der Waals surface area contributed by atoms with E-state index in [0.29, 0.717) is 28.6 Å². The van der Waals surface area contributed by atoms with Crippen molar-refractivity contribution in [2.24, 2.45) is 0 Å². The Morgan fingerprint density at radius 2 is 1.70 bits per heavy atom. The number of amides is 1. The summed E-state index contributed by atoms with van der Waals surface area (Å²) in [5.41, 5.74) is 0.634. The maximum atomic E-state index is 12.7. The molecule has 0 aliphatic heterocycles. The molecule has 0 saturated carbocycles. The number of anilines is 2. The highest BCUT2D eigenvalue weighted by Gasteiger charge is 2.20. The summed E-state index contributed by atoms with van der Waals surface area (Å²) in [6, 6.07) is 17.2. The zero-order valence-corrected chi connectivity index (χ0v) is 20.2. The zero-order valence-electron chi connectivity index (χ0n) is 17.8. The fraction of sp³-hybridized carbons (Fsp3) is 0.174. The molecular weight excluding hydrogens is 487 g/mol. The van der Waals surface area contributed by atoms with Gasteiger partial charge in [0.05, 0.1) is 22.7 Å². The number of hydrogen-bond donors (Lipinski definition) is 2. The predicted molar refractivity (Wildman–Crippen MR) is 130 cm³/mol. The Balaban J connectivity index is 1.67. The van der Waals surface area contributed by atoms with E-state index in [1.54, 1.807) is 31.4 Å². The van der Waals surface area contributed by atoms with Crippen LogP contribution < -0.4 is 19.5 Å². The Labute approximate surface area is 202 Å². The van der Waals surface area contributed by atoms with Gasteiger partial charge >= 0.3 is 0 Å². The lowest BCUT2D eigenvalue weighted by atomic mass is 10.2. The Bertz CT molecular complexity index is 1230. The molecule has 0 fully saturated rings. The molecule has 33 heavy (non-hydrogen) atoms. The van der Waals surface area contributed by atoms with Gasteiger partial charge in [-0.25, -0.2) is 8.42 Å². The minimum Gasteiger partial charge on any atom is -0.497 e. The Kier molecular flexibility index (Phi) is 8.07. The van der Waals surface area contributed by atoms with Crippen LogP contribution >= 0.6 is 23.2 Å². The van der Waals surface area contributed by atoms with E-state index in [2.05, 4.69) is 10.0 Å². The monoisotopic (exact) mass is 508 g/mol. The molecule has 1 atom stereocenters. The lowest BCUT2D eigenvalue weighted by Crippen LogP contribution is -2.32. The minimum absolute atomic E-state index is 0.00573. The van der Waals surface area contributed by atoms with Gasteiger partial charge in [0.2, 0.25) is 0 Å². The molecule has 0 saturated heterocycles. The number of sulfonamides is 1. The van der Waals surface area contributed by atoms with Crippen molar-refractivity contribution in [1.29, 1.82) is 0 Å². The van der Waals surface area contributed by atoms with Gasteiger partial charge in [-0.2, -0.15) is 0 Å². The summed E-state index contributed by atoms with van der Waals surface area (Å²) in [6.07, 6.45) is -0.310. The average molecular weight is 509 g/mol. The van der Waals surface area contributed by atoms with Gasteiger partial charge in [0.1, 0.15) is 11.5 Å². The number of ether oxygens (including phenoxy) is 2. The van der Waals surface area contributed by atoms with E-state index in [1.807, 2.05) is 6.92 Å². The summed E-state index contributed by atoms with van der Waals surface area (Å²) in [4.78, 5) is 12.7. The molecule has 0 heterocycles. The highest BCUT2D eigenvalue weighted by atomic mass is 35.5. The smallest absolute Gasteiger partial charge is 0.265 e. The number of nitrogens with one attached hydrogen (secondary N) is 2. The minimum atomic E-state index is -3.89. The van der Waals surface area contributed by atoms with Crippen molar-refractivity contribution in [3.63, 3.8) is 0 Å². The molecule has 0 unspecified atom stereocenters. The van der Waals surface area contributed by atoms with Crippen molar-refractivity contribution < 1.29 is 22.7 Å². The molecule has 10 heteroatoms. The quantitative estimate of drug-likeness (QED) is 0.392. The summed E-state index contributed by atoms with van der Waals surface area (Å²) in [7, 11) is -2.34. The predicted octanol–water partition coefficient (Wildman–Crippen LogP) is 5.60. The van der Waals surface area contributed by atoms with Crippen molar-refractivity contribution in [2.75, 3.05) is 17.1 Å². The van der Waals surface area contributed by atoms with Crippen LogP contribution in [-0.4, -0.2) is 27.5 Å². The van der Waals surface area contributed by atoms with Crippen molar-refractivity contribution >= 4 is 50.5 Å².